The normalized spacial score (nSPS) is 19.5. The van der Waals surface area contributed by atoms with Gasteiger partial charge >= 0.3 is 0 Å². The summed E-state index contributed by atoms with van der Waals surface area (Å²) in [7, 11) is 0. The van der Waals surface area contributed by atoms with Gasteiger partial charge in [-0.3, -0.25) is 4.98 Å². The van der Waals surface area contributed by atoms with Crippen molar-refractivity contribution < 1.29 is 0 Å². The van der Waals surface area contributed by atoms with Gasteiger partial charge in [-0.05, 0) is 37.5 Å². The summed E-state index contributed by atoms with van der Waals surface area (Å²) in [6.45, 7) is 3.67. The van der Waals surface area contributed by atoms with Crippen molar-refractivity contribution in [1.29, 1.82) is 0 Å². The molecule has 2 aliphatic rings. The van der Waals surface area contributed by atoms with E-state index < -0.39 is 0 Å². The van der Waals surface area contributed by atoms with Crippen LogP contribution in [0.5, 0.6) is 0 Å². The summed E-state index contributed by atoms with van der Waals surface area (Å²) in [5.41, 5.74) is 22.2. The van der Waals surface area contributed by atoms with Crippen molar-refractivity contribution in [1.82, 2.24) is 19.9 Å². The van der Waals surface area contributed by atoms with Crippen molar-refractivity contribution in [3.05, 3.63) is 53.6 Å². The van der Waals surface area contributed by atoms with Gasteiger partial charge in [-0.25, -0.2) is 15.0 Å². The Balaban J connectivity index is 1.32. The molecule has 1 fully saturated rings. The van der Waals surface area contributed by atoms with Gasteiger partial charge < -0.3 is 22.1 Å². The van der Waals surface area contributed by atoms with Gasteiger partial charge in [0.25, 0.3) is 0 Å². The Kier molecular flexibility index (Phi) is 4.94. The molecule has 0 bridgehead atoms. The van der Waals surface area contributed by atoms with E-state index in [1.807, 2.05) is 25.3 Å². The molecule has 0 saturated carbocycles. The topological polar surface area (TPSA) is 133 Å². The molecular formula is C22H26N8S. The maximum atomic E-state index is 6.60. The minimum Gasteiger partial charge on any atom is -0.383 e. The SMILES string of the molecule is Cc1c(Sc2ncc(N3CCC4(CC3)c3cccnc3C[C@H]4N)nc2N)ccnc1N. The quantitative estimate of drug-likeness (QED) is 0.568. The molecule has 3 aromatic rings. The summed E-state index contributed by atoms with van der Waals surface area (Å²) < 4.78 is 0. The summed E-state index contributed by atoms with van der Waals surface area (Å²) in [5, 5.41) is 0.670. The summed E-state index contributed by atoms with van der Waals surface area (Å²) in [4.78, 5) is 21.1. The number of anilines is 3. The lowest BCUT2D eigenvalue weighted by atomic mass is 9.71. The van der Waals surface area contributed by atoms with Crippen LogP contribution < -0.4 is 22.1 Å². The van der Waals surface area contributed by atoms with Gasteiger partial charge in [0.1, 0.15) is 16.7 Å². The highest BCUT2D eigenvalue weighted by Gasteiger charge is 2.47. The fourth-order valence-electron chi connectivity index (χ4n) is 4.79. The van der Waals surface area contributed by atoms with Crippen molar-refractivity contribution in [2.45, 2.75) is 47.6 Å². The molecule has 3 aromatic heterocycles. The van der Waals surface area contributed by atoms with Gasteiger partial charge in [0.2, 0.25) is 0 Å². The maximum absolute atomic E-state index is 6.60. The second-order valence-corrected chi connectivity index (χ2v) is 9.32. The number of pyridine rings is 2. The molecule has 0 radical (unpaired) electrons. The van der Waals surface area contributed by atoms with E-state index in [9.17, 15) is 0 Å². The molecule has 31 heavy (non-hydrogen) atoms. The molecule has 1 aliphatic heterocycles. The van der Waals surface area contributed by atoms with Crippen LogP contribution in [0.2, 0.25) is 0 Å². The van der Waals surface area contributed by atoms with E-state index in [1.165, 1.54) is 17.3 Å². The first-order valence-corrected chi connectivity index (χ1v) is 11.3. The number of nitrogens with two attached hydrogens (primary N) is 3. The zero-order chi connectivity index (χ0) is 21.6. The van der Waals surface area contributed by atoms with E-state index in [0.29, 0.717) is 16.7 Å². The van der Waals surface area contributed by atoms with Gasteiger partial charge in [0.15, 0.2) is 5.82 Å². The lowest BCUT2D eigenvalue weighted by Gasteiger charge is -2.43. The molecule has 1 saturated heterocycles. The lowest BCUT2D eigenvalue weighted by molar-refractivity contribution is 0.292. The average molecular weight is 435 g/mol. The van der Waals surface area contributed by atoms with Crippen LogP contribution in [0.4, 0.5) is 17.5 Å². The third-order valence-electron chi connectivity index (χ3n) is 6.68. The fourth-order valence-corrected chi connectivity index (χ4v) is 5.64. The molecule has 1 aliphatic carbocycles. The molecule has 8 nitrogen and oxygen atoms in total. The Bertz CT molecular complexity index is 1130. The number of nitrogens with zero attached hydrogens (tertiary/aromatic N) is 5. The first-order valence-electron chi connectivity index (χ1n) is 10.4. The summed E-state index contributed by atoms with van der Waals surface area (Å²) in [6, 6.07) is 6.24. The van der Waals surface area contributed by atoms with Gasteiger partial charge in [0, 0.05) is 59.5 Å². The van der Waals surface area contributed by atoms with E-state index in [-0.39, 0.29) is 11.5 Å². The minimum atomic E-state index is 0.00760. The molecule has 4 heterocycles. The first kappa shape index (κ1) is 20.0. The van der Waals surface area contributed by atoms with Crippen molar-refractivity contribution >= 4 is 29.2 Å². The van der Waals surface area contributed by atoms with Crippen LogP contribution >= 0.6 is 11.8 Å². The van der Waals surface area contributed by atoms with Crippen molar-refractivity contribution in [3.8, 4) is 0 Å². The smallest absolute Gasteiger partial charge is 0.158 e. The Labute approximate surface area is 185 Å². The van der Waals surface area contributed by atoms with Gasteiger partial charge in [-0.2, -0.15) is 0 Å². The Morgan fingerprint density at radius 2 is 1.87 bits per heavy atom. The number of rotatable bonds is 3. The molecule has 1 spiro atoms. The predicted molar refractivity (Wildman–Crippen MR) is 123 cm³/mol. The second-order valence-electron chi connectivity index (χ2n) is 8.29. The van der Waals surface area contributed by atoms with E-state index in [0.717, 1.165) is 54.3 Å². The zero-order valence-electron chi connectivity index (χ0n) is 17.5. The highest BCUT2D eigenvalue weighted by Crippen LogP contribution is 2.45. The van der Waals surface area contributed by atoms with Crippen LogP contribution in [0.3, 0.4) is 0 Å². The van der Waals surface area contributed by atoms with Crippen LogP contribution in [0, 0.1) is 6.92 Å². The second kappa shape index (κ2) is 7.65. The van der Waals surface area contributed by atoms with Gasteiger partial charge in [0.05, 0.1) is 6.20 Å². The van der Waals surface area contributed by atoms with Crippen molar-refractivity contribution in [2.24, 2.45) is 5.73 Å². The molecule has 9 heteroatoms. The van der Waals surface area contributed by atoms with Crippen LogP contribution in [0.15, 0.2) is 46.7 Å². The number of fused-ring (bicyclic) bond motifs is 2. The van der Waals surface area contributed by atoms with Crippen molar-refractivity contribution in [2.75, 3.05) is 29.5 Å². The number of nitrogen functional groups attached to an aromatic ring is 2. The van der Waals surface area contributed by atoms with Gasteiger partial charge in [-0.1, -0.05) is 17.8 Å². The monoisotopic (exact) mass is 434 g/mol. The summed E-state index contributed by atoms with van der Waals surface area (Å²) in [5.74, 6) is 1.74. The molecule has 0 amide bonds. The fraction of sp³-hybridized carbons (Fsp3) is 0.364. The highest BCUT2D eigenvalue weighted by molar-refractivity contribution is 7.99. The molecule has 5 rings (SSSR count). The van der Waals surface area contributed by atoms with E-state index in [4.69, 9.17) is 17.2 Å². The minimum absolute atomic E-state index is 0.00760. The third kappa shape index (κ3) is 3.37. The van der Waals surface area contributed by atoms with Crippen LogP contribution in [-0.2, 0) is 11.8 Å². The summed E-state index contributed by atoms with van der Waals surface area (Å²) in [6.07, 6.45) is 8.16. The van der Waals surface area contributed by atoms with E-state index in [2.05, 4.69) is 30.9 Å². The molecule has 6 N–H and O–H groups in total. The van der Waals surface area contributed by atoms with Crippen LogP contribution in [0.1, 0.15) is 29.7 Å². The number of hydrogen-bond acceptors (Lipinski definition) is 9. The molecule has 0 unspecified atom stereocenters. The van der Waals surface area contributed by atoms with Gasteiger partial charge in [-0.15, -0.1) is 0 Å². The predicted octanol–water partition coefficient (Wildman–Crippen LogP) is 2.31. The molecule has 160 valence electrons. The van der Waals surface area contributed by atoms with E-state index in [1.54, 1.807) is 12.4 Å². The third-order valence-corrected chi connectivity index (χ3v) is 7.85. The Morgan fingerprint density at radius 1 is 1.06 bits per heavy atom. The molecular weight excluding hydrogens is 408 g/mol. The number of hydrogen-bond donors (Lipinski definition) is 3. The van der Waals surface area contributed by atoms with E-state index >= 15 is 0 Å². The molecule has 1 atom stereocenters. The van der Waals surface area contributed by atoms with Crippen LogP contribution in [-0.4, -0.2) is 39.1 Å². The Morgan fingerprint density at radius 3 is 2.65 bits per heavy atom. The highest BCUT2D eigenvalue weighted by atomic mass is 32.2. The first-order chi connectivity index (χ1) is 15.0. The number of piperidine rings is 1. The molecule has 0 aromatic carbocycles. The number of aromatic nitrogens is 4. The summed E-state index contributed by atoms with van der Waals surface area (Å²) >= 11 is 1.46. The lowest BCUT2D eigenvalue weighted by Crippen LogP contribution is -2.50. The average Bonchev–Trinajstić information content (AvgIpc) is 3.04. The maximum Gasteiger partial charge on any atom is 0.158 e. The largest absolute Gasteiger partial charge is 0.383 e. The Hall–Kier alpha value is -2.91. The standard InChI is InChI=1S/C22H26N8S/c1-13-16(4-8-27-19(13)24)31-21-20(25)29-18(12-28-21)30-9-5-22(6-10-30)14-3-2-7-26-15(14)11-17(22)23/h2-4,7-8,12,17H,5-6,9-11,23H2,1H3,(H2,24,27)(H2,25,29)/t17-/m1/s1. The zero-order valence-corrected chi connectivity index (χ0v) is 18.3. The van der Waals surface area contributed by atoms with Crippen LogP contribution in [0.25, 0.3) is 0 Å². The van der Waals surface area contributed by atoms with Crippen molar-refractivity contribution in [3.63, 3.8) is 0 Å².